The Labute approximate surface area is 161 Å². The lowest BCUT2D eigenvalue weighted by Gasteiger charge is -2.51. The quantitative estimate of drug-likeness (QED) is 0.537. The minimum Gasteiger partial charge on any atom is -0.445 e. The summed E-state index contributed by atoms with van der Waals surface area (Å²) in [6.45, 7) is 0.513. The number of carbonyl (C=O) groups excluding carboxylic acids is 1. The van der Waals surface area contributed by atoms with Gasteiger partial charge in [-0.2, -0.15) is 8.42 Å². The van der Waals surface area contributed by atoms with Crippen LogP contribution in [0.15, 0.2) is 30.3 Å². The van der Waals surface area contributed by atoms with Crippen molar-refractivity contribution in [2.45, 2.75) is 57.6 Å². The number of rotatable bonds is 8. The number of nitrogens with one attached hydrogen (secondary N) is 1. The van der Waals surface area contributed by atoms with Crippen LogP contribution in [0.25, 0.3) is 0 Å². The van der Waals surface area contributed by atoms with Gasteiger partial charge in [-0.05, 0) is 61.8 Å². The first-order valence-corrected chi connectivity index (χ1v) is 11.5. The van der Waals surface area contributed by atoms with E-state index in [1.165, 1.54) is 0 Å². The average molecular weight is 396 g/mol. The Morgan fingerprint density at radius 2 is 1.93 bits per heavy atom. The molecule has 0 radical (unpaired) electrons. The third-order valence-corrected chi connectivity index (χ3v) is 6.57. The summed E-state index contributed by atoms with van der Waals surface area (Å²) in [5.41, 5.74) is 1.16. The van der Waals surface area contributed by atoms with E-state index in [2.05, 4.69) is 5.32 Å². The molecule has 1 aromatic rings. The molecule has 0 aliphatic heterocycles. The molecule has 3 aliphatic rings. The largest absolute Gasteiger partial charge is 0.445 e. The van der Waals surface area contributed by atoms with Gasteiger partial charge in [-0.3, -0.25) is 4.18 Å². The summed E-state index contributed by atoms with van der Waals surface area (Å²) in [6, 6.07) is 9.80. The number of ether oxygens (including phenoxy) is 1. The first kappa shape index (κ1) is 20.1. The first-order valence-electron chi connectivity index (χ1n) is 9.67. The van der Waals surface area contributed by atoms with Crippen LogP contribution in [-0.4, -0.2) is 33.4 Å². The second kappa shape index (κ2) is 8.61. The van der Waals surface area contributed by atoms with Gasteiger partial charge < -0.3 is 10.1 Å². The molecule has 3 fully saturated rings. The third kappa shape index (κ3) is 5.94. The third-order valence-electron chi connectivity index (χ3n) is 5.98. The van der Waals surface area contributed by atoms with Crippen molar-refractivity contribution in [3.63, 3.8) is 0 Å². The van der Waals surface area contributed by atoms with E-state index >= 15 is 0 Å². The zero-order chi connectivity index (χ0) is 19.3. The summed E-state index contributed by atoms with van der Waals surface area (Å²) in [6.07, 6.45) is 7.84. The number of hydrogen-bond donors (Lipinski definition) is 1. The summed E-state index contributed by atoms with van der Waals surface area (Å²) in [5.74, 6) is 0.517. The second-order valence-corrected chi connectivity index (χ2v) is 9.63. The highest BCUT2D eigenvalue weighted by Gasteiger charge is 2.45. The van der Waals surface area contributed by atoms with E-state index < -0.39 is 10.1 Å². The van der Waals surface area contributed by atoms with Gasteiger partial charge in [-0.25, -0.2) is 4.79 Å². The Morgan fingerprint density at radius 3 is 2.59 bits per heavy atom. The molecule has 150 valence electrons. The Bertz CT molecular complexity index is 726. The summed E-state index contributed by atoms with van der Waals surface area (Å²) in [7, 11) is -3.37. The minimum atomic E-state index is -3.37. The van der Waals surface area contributed by atoms with E-state index in [9.17, 15) is 13.2 Å². The lowest BCUT2D eigenvalue weighted by atomic mass is 9.57. The van der Waals surface area contributed by atoms with Crippen LogP contribution >= 0.6 is 0 Å². The highest BCUT2D eigenvalue weighted by Crippen LogP contribution is 2.52. The number of carbonyl (C=O) groups is 1. The fourth-order valence-corrected chi connectivity index (χ4v) is 5.01. The fourth-order valence-electron chi connectivity index (χ4n) is 4.59. The molecule has 1 atom stereocenters. The van der Waals surface area contributed by atoms with Crippen molar-refractivity contribution < 1.29 is 22.1 Å². The van der Waals surface area contributed by atoms with Gasteiger partial charge in [0, 0.05) is 6.04 Å². The topological polar surface area (TPSA) is 81.7 Å². The minimum absolute atomic E-state index is 0.145. The highest BCUT2D eigenvalue weighted by molar-refractivity contribution is 7.85. The number of amides is 1. The summed E-state index contributed by atoms with van der Waals surface area (Å²) >= 11 is 0. The van der Waals surface area contributed by atoms with Crippen LogP contribution in [0.3, 0.4) is 0 Å². The van der Waals surface area contributed by atoms with Crippen molar-refractivity contribution >= 4 is 16.2 Å². The lowest BCUT2D eigenvalue weighted by Crippen LogP contribution is -2.51. The van der Waals surface area contributed by atoms with Gasteiger partial charge in [0.1, 0.15) is 6.61 Å². The van der Waals surface area contributed by atoms with Gasteiger partial charge in [-0.1, -0.05) is 30.3 Å². The van der Waals surface area contributed by atoms with E-state index in [-0.39, 0.29) is 30.8 Å². The molecule has 1 aromatic carbocycles. The predicted molar refractivity (Wildman–Crippen MR) is 103 cm³/mol. The van der Waals surface area contributed by atoms with Gasteiger partial charge in [0.25, 0.3) is 10.1 Å². The van der Waals surface area contributed by atoms with E-state index in [1.807, 2.05) is 30.3 Å². The summed E-state index contributed by atoms with van der Waals surface area (Å²) in [4.78, 5) is 12.2. The van der Waals surface area contributed by atoms with E-state index in [0.717, 1.165) is 56.8 Å². The molecule has 0 heterocycles. The first-order chi connectivity index (χ1) is 12.9. The van der Waals surface area contributed by atoms with Crippen LogP contribution in [0.4, 0.5) is 4.79 Å². The lowest BCUT2D eigenvalue weighted by molar-refractivity contribution is 0.0190. The Balaban J connectivity index is 1.46. The monoisotopic (exact) mass is 395 g/mol. The maximum Gasteiger partial charge on any atom is 0.407 e. The Hall–Kier alpha value is -1.60. The van der Waals surface area contributed by atoms with Crippen molar-refractivity contribution in [3.05, 3.63) is 35.9 Å². The van der Waals surface area contributed by atoms with Crippen LogP contribution in [0.2, 0.25) is 0 Å². The number of hydrogen-bond acceptors (Lipinski definition) is 5. The van der Waals surface area contributed by atoms with Crippen molar-refractivity contribution in [1.82, 2.24) is 5.32 Å². The van der Waals surface area contributed by atoms with Crippen LogP contribution in [-0.2, 0) is 25.6 Å². The van der Waals surface area contributed by atoms with E-state index in [1.54, 1.807) is 0 Å². The Kier molecular flexibility index (Phi) is 6.42. The molecule has 0 saturated heterocycles. The number of fused-ring (bicyclic) bond motifs is 3. The van der Waals surface area contributed by atoms with Gasteiger partial charge in [0.15, 0.2) is 0 Å². The van der Waals surface area contributed by atoms with Crippen molar-refractivity contribution in [3.8, 4) is 0 Å². The molecular formula is C20H29NO5S. The maximum absolute atomic E-state index is 12.2. The molecular weight excluding hydrogens is 366 g/mol. The van der Waals surface area contributed by atoms with Crippen molar-refractivity contribution in [2.75, 3.05) is 12.9 Å². The SMILES string of the molecule is CS(=O)(=O)OCCCC12CCC(CC1)C(NC(=O)OCc1ccccc1)C2. The maximum atomic E-state index is 12.2. The van der Waals surface area contributed by atoms with Crippen LogP contribution < -0.4 is 5.32 Å². The molecule has 1 amide bonds. The van der Waals surface area contributed by atoms with Gasteiger partial charge >= 0.3 is 6.09 Å². The normalized spacial score (nSPS) is 27.3. The molecule has 7 heteroatoms. The number of alkyl carbamates (subject to hydrolysis) is 1. The standard InChI is InChI=1S/C20H29NO5S/c1-27(23,24)26-13-5-10-20-11-8-17(9-12-20)18(14-20)21-19(22)25-15-16-6-3-2-4-7-16/h2-4,6-7,17-18H,5,8-15H2,1H3,(H,21,22). The number of benzene rings is 1. The van der Waals surface area contributed by atoms with Gasteiger partial charge in [0.05, 0.1) is 12.9 Å². The van der Waals surface area contributed by atoms with Gasteiger partial charge in [-0.15, -0.1) is 0 Å². The molecule has 1 unspecified atom stereocenters. The molecule has 3 saturated carbocycles. The second-order valence-electron chi connectivity index (χ2n) is 7.98. The average Bonchev–Trinajstić information content (AvgIpc) is 2.65. The summed E-state index contributed by atoms with van der Waals surface area (Å²) < 4.78 is 32.4. The fraction of sp³-hybridized carbons (Fsp3) is 0.650. The smallest absolute Gasteiger partial charge is 0.407 e. The molecule has 0 spiro atoms. The molecule has 2 bridgehead atoms. The van der Waals surface area contributed by atoms with E-state index in [0.29, 0.717) is 5.92 Å². The van der Waals surface area contributed by atoms with Crippen LogP contribution in [0.5, 0.6) is 0 Å². The zero-order valence-corrected chi connectivity index (χ0v) is 16.7. The van der Waals surface area contributed by atoms with Crippen LogP contribution in [0, 0.1) is 11.3 Å². The molecule has 3 aliphatic carbocycles. The van der Waals surface area contributed by atoms with Crippen molar-refractivity contribution in [2.24, 2.45) is 11.3 Å². The van der Waals surface area contributed by atoms with Gasteiger partial charge in [0.2, 0.25) is 0 Å². The molecule has 1 N–H and O–H groups in total. The molecule has 6 nitrogen and oxygen atoms in total. The summed E-state index contributed by atoms with van der Waals surface area (Å²) in [5, 5.41) is 3.07. The Morgan fingerprint density at radius 1 is 1.22 bits per heavy atom. The van der Waals surface area contributed by atoms with Crippen molar-refractivity contribution in [1.29, 1.82) is 0 Å². The van der Waals surface area contributed by atoms with Crippen LogP contribution in [0.1, 0.15) is 50.5 Å². The zero-order valence-electron chi connectivity index (χ0n) is 15.9. The molecule has 27 heavy (non-hydrogen) atoms. The van der Waals surface area contributed by atoms with E-state index in [4.69, 9.17) is 8.92 Å². The molecule has 0 aromatic heterocycles. The molecule has 4 rings (SSSR count). The predicted octanol–water partition coefficient (Wildman–Crippen LogP) is 3.62. The highest BCUT2D eigenvalue weighted by atomic mass is 32.2.